The maximum absolute atomic E-state index is 11.0. The largest absolute Gasteiger partial charge is 0.512 e. The van der Waals surface area contributed by atoms with Crippen LogP contribution >= 0.6 is 0 Å². The normalized spacial score (nSPS) is 15.2. The van der Waals surface area contributed by atoms with E-state index in [1.807, 2.05) is 24.3 Å². The highest BCUT2D eigenvalue weighted by Crippen LogP contribution is 2.41. The third-order valence-corrected chi connectivity index (χ3v) is 10.5. The first-order chi connectivity index (χ1) is 27.1. The molecule has 0 bridgehead atoms. The van der Waals surface area contributed by atoms with Crippen molar-refractivity contribution in [1.82, 2.24) is 0 Å². The van der Waals surface area contributed by atoms with Gasteiger partial charge in [0.2, 0.25) is 0 Å². The van der Waals surface area contributed by atoms with Crippen molar-refractivity contribution in [2.75, 3.05) is 4.90 Å². The van der Waals surface area contributed by atoms with Gasteiger partial charge in [0.05, 0.1) is 5.76 Å². The molecule has 0 aliphatic heterocycles. The number of hydrogen-bond donors (Lipinski definition) is 1. The summed E-state index contributed by atoms with van der Waals surface area (Å²) in [6, 6.07) is 42.9. The standard InChI is InChI=1S/C52H47NO2/c1-3-5-21-43(15-4-2)53(44-22-14-20-39(25-28-44)37-16-8-6-9-17-37)45-29-31-47(40-26-30-46(54)34-42(33-40)38-18-10-7-11-19-38)49(36-45)41-27-32-52-50(35-41)48-23-12-13-24-51(48)55-52/h5-13,15-19,21,23-33,35-36,54H,3-4,14,20,22,34H2,1-2H3/b21-5-,43-15+. The molecule has 6 aromatic rings. The molecule has 0 saturated carbocycles. The average molecular weight is 718 g/mol. The molecule has 0 saturated heterocycles. The molecule has 0 unspecified atom stereocenters. The van der Waals surface area contributed by atoms with Crippen molar-refractivity contribution in [3.05, 3.63) is 204 Å². The van der Waals surface area contributed by atoms with E-state index in [4.69, 9.17) is 4.42 Å². The highest BCUT2D eigenvalue weighted by atomic mass is 16.3. The Kier molecular flexibility index (Phi) is 10.6. The summed E-state index contributed by atoms with van der Waals surface area (Å²) in [5, 5.41) is 13.2. The third-order valence-electron chi connectivity index (χ3n) is 10.5. The number of rotatable bonds is 10. The lowest BCUT2D eigenvalue weighted by Crippen LogP contribution is -2.21. The van der Waals surface area contributed by atoms with Crippen LogP contribution in [-0.4, -0.2) is 5.11 Å². The van der Waals surface area contributed by atoms with Gasteiger partial charge in [-0.2, -0.15) is 0 Å². The molecule has 2 aliphatic rings. The van der Waals surface area contributed by atoms with Gasteiger partial charge >= 0.3 is 0 Å². The zero-order chi connectivity index (χ0) is 37.6. The minimum Gasteiger partial charge on any atom is -0.512 e. The van der Waals surface area contributed by atoms with Crippen molar-refractivity contribution in [1.29, 1.82) is 0 Å². The van der Waals surface area contributed by atoms with Gasteiger partial charge in [-0.15, -0.1) is 0 Å². The van der Waals surface area contributed by atoms with Crippen LogP contribution in [0.3, 0.4) is 0 Å². The minimum atomic E-state index is 0.348. The predicted molar refractivity (Wildman–Crippen MR) is 234 cm³/mol. The van der Waals surface area contributed by atoms with E-state index in [-0.39, 0.29) is 0 Å². The summed E-state index contributed by atoms with van der Waals surface area (Å²) in [6.45, 7) is 4.40. The molecule has 3 heteroatoms. The molecule has 55 heavy (non-hydrogen) atoms. The Balaban J connectivity index is 1.34. The van der Waals surface area contributed by atoms with Crippen molar-refractivity contribution in [2.24, 2.45) is 0 Å². The molecule has 0 atom stereocenters. The predicted octanol–water partition coefficient (Wildman–Crippen LogP) is 14.8. The number of allylic oxidation sites excluding steroid dienone is 12. The van der Waals surface area contributed by atoms with Crippen LogP contribution < -0.4 is 4.90 Å². The highest BCUT2D eigenvalue weighted by molar-refractivity contribution is 6.07. The molecule has 0 amide bonds. The van der Waals surface area contributed by atoms with Gasteiger partial charge in [0.15, 0.2) is 0 Å². The number of para-hydroxylation sites is 1. The smallest absolute Gasteiger partial charge is 0.135 e. The number of aliphatic hydroxyl groups is 1. The van der Waals surface area contributed by atoms with E-state index in [9.17, 15) is 5.11 Å². The lowest BCUT2D eigenvalue weighted by atomic mass is 9.90. The maximum atomic E-state index is 11.0. The molecule has 5 aromatic carbocycles. The number of fused-ring (bicyclic) bond motifs is 3. The molecule has 0 spiro atoms. The number of furan rings is 1. The van der Waals surface area contributed by atoms with Gasteiger partial charge in [-0.25, -0.2) is 0 Å². The van der Waals surface area contributed by atoms with E-state index in [2.05, 4.69) is 164 Å². The van der Waals surface area contributed by atoms with Crippen LogP contribution in [0.1, 0.15) is 69.1 Å². The third kappa shape index (κ3) is 7.70. The van der Waals surface area contributed by atoms with Crippen LogP contribution in [0.5, 0.6) is 0 Å². The Morgan fingerprint density at radius 3 is 2.18 bits per heavy atom. The second-order valence-corrected chi connectivity index (χ2v) is 14.3. The van der Waals surface area contributed by atoms with Crippen LogP contribution in [0.25, 0.3) is 49.8 Å². The van der Waals surface area contributed by atoms with Crippen molar-refractivity contribution in [2.45, 2.75) is 52.4 Å². The van der Waals surface area contributed by atoms with Crippen LogP contribution in [0, 0.1) is 0 Å². The first-order valence-electron chi connectivity index (χ1n) is 19.6. The topological polar surface area (TPSA) is 36.6 Å². The molecule has 8 rings (SSSR count). The highest BCUT2D eigenvalue weighted by Gasteiger charge is 2.21. The molecular formula is C52H47NO2. The van der Waals surface area contributed by atoms with Crippen LogP contribution in [0.4, 0.5) is 5.69 Å². The number of nitrogens with zero attached hydrogens (tertiary/aromatic N) is 1. The Morgan fingerprint density at radius 1 is 0.655 bits per heavy atom. The molecular weight excluding hydrogens is 671 g/mol. The lowest BCUT2D eigenvalue weighted by molar-refractivity contribution is 0.403. The zero-order valence-electron chi connectivity index (χ0n) is 31.7. The van der Waals surface area contributed by atoms with Crippen LogP contribution in [0.2, 0.25) is 0 Å². The van der Waals surface area contributed by atoms with E-state index in [1.165, 1.54) is 22.5 Å². The summed E-state index contributed by atoms with van der Waals surface area (Å²) in [5.41, 5.74) is 14.5. The number of benzene rings is 5. The summed E-state index contributed by atoms with van der Waals surface area (Å²) in [4.78, 5) is 2.47. The average Bonchev–Trinajstić information content (AvgIpc) is 3.32. The molecule has 1 N–H and O–H groups in total. The molecule has 272 valence electrons. The quantitative estimate of drug-likeness (QED) is 0.143. The van der Waals surface area contributed by atoms with E-state index < -0.39 is 0 Å². The van der Waals surface area contributed by atoms with Crippen molar-refractivity contribution < 1.29 is 9.52 Å². The summed E-state index contributed by atoms with van der Waals surface area (Å²) in [6.07, 6.45) is 23.1. The van der Waals surface area contributed by atoms with E-state index >= 15 is 0 Å². The summed E-state index contributed by atoms with van der Waals surface area (Å²) in [5.74, 6) is 0.348. The molecule has 1 heterocycles. The van der Waals surface area contributed by atoms with Gasteiger partial charge in [-0.1, -0.05) is 135 Å². The van der Waals surface area contributed by atoms with Crippen molar-refractivity contribution >= 4 is 44.3 Å². The first kappa shape index (κ1) is 35.7. The summed E-state index contributed by atoms with van der Waals surface area (Å²) < 4.78 is 6.28. The van der Waals surface area contributed by atoms with Crippen LogP contribution in [-0.2, 0) is 0 Å². The first-order valence-corrected chi connectivity index (χ1v) is 19.6. The van der Waals surface area contributed by atoms with Gasteiger partial charge in [-0.05, 0) is 125 Å². The van der Waals surface area contributed by atoms with Crippen molar-refractivity contribution in [3.8, 4) is 11.1 Å². The second-order valence-electron chi connectivity index (χ2n) is 14.3. The Hall–Kier alpha value is -6.32. The lowest BCUT2D eigenvalue weighted by Gasteiger charge is -2.30. The van der Waals surface area contributed by atoms with Crippen LogP contribution in [0.15, 0.2) is 192 Å². The van der Waals surface area contributed by atoms with Gasteiger partial charge in [0, 0.05) is 34.3 Å². The number of aliphatic hydroxyl groups excluding tert-OH is 1. The number of hydrogen-bond acceptors (Lipinski definition) is 3. The SMILES string of the molecule is CC/C=C\C(=C/CC)N(C1=CC=C(c2ccccc2)CCC1)c1ccc(C2=CC=C(O)CC(c3ccccc3)=C2)c(-c2ccc3oc4ccccc4c3c2)c1. The molecule has 0 radical (unpaired) electrons. The molecule has 0 fully saturated rings. The Morgan fingerprint density at radius 2 is 1.40 bits per heavy atom. The fourth-order valence-corrected chi connectivity index (χ4v) is 7.85. The monoisotopic (exact) mass is 717 g/mol. The van der Waals surface area contributed by atoms with Gasteiger partial charge in [0.25, 0.3) is 0 Å². The van der Waals surface area contributed by atoms with E-state index in [0.717, 1.165) is 93.1 Å². The van der Waals surface area contributed by atoms with Gasteiger partial charge < -0.3 is 14.4 Å². The maximum Gasteiger partial charge on any atom is 0.135 e. The molecule has 2 aliphatic carbocycles. The Bertz CT molecular complexity index is 2550. The Labute approximate surface area is 325 Å². The number of anilines is 1. The van der Waals surface area contributed by atoms with Gasteiger partial charge in [0.1, 0.15) is 11.2 Å². The fourth-order valence-electron chi connectivity index (χ4n) is 7.85. The zero-order valence-corrected chi connectivity index (χ0v) is 31.7. The van der Waals surface area contributed by atoms with Gasteiger partial charge in [-0.3, -0.25) is 0 Å². The molecule has 1 aromatic heterocycles. The minimum absolute atomic E-state index is 0.348. The van der Waals surface area contributed by atoms with E-state index in [1.54, 1.807) is 0 Å². The summed E-state index contributed by atoms with van der Waals surface area (Å²) >= 11 is 0. The van der Waals surface area contributed by atoms with E-state index in [0.29, 0.717) is 12.2 Å². The second kappa shape index (κ2) is 16.4. The summed E-state index contributed by atoms with van der Waals surface area (Å²) in [7, 11) is 0. The fraction of sp³-hybridized carbons (Fsp3) is 0.154. The van der Waals surface area contributed by atoms with Crippen molar-refractivity contribution in [3.63, 3.8) is 0 Å². The molecule has 3 nitrogen and oxygen atoms in total.